The topological polar surface area (TPSA) is 29.5 Å². The van der Waals surface area contributed by atoms with Crippen LogP contribution in [0.25, 0.3) is 99.2 Å². The van der Waals surface area contributed by atoms with Crippen molar-refractivity contribution in [3.8, 4) is 44.5 Å². The molecule has 12 rings (SSSR count). The van der Waals surface area contributed by atoms with Gasteiger partial charge in [0.2, 0.25) is 0 Å². The summed E-state index contributed by atoms with van der Waals surface area (Å²) in [6.45, 7) is 0. The van der Waals surface area contributed by atoms with E-state index in [0.29, 0.717) is 0 Å². The Bertz CT molecular complexity index is 3580. The third kappa shape index (κ3) is 5.90. The van der Waals surface area contributed by atoms with Crippen molar-refractivity contribution in [2.24, 2.45) is 0 Å². The monoisotopic (exact) mass is 779 g/mol. The van der Waals surface area contributed by atoms with Crippen LogP contribution in [-0.2, 0) is 0 Å². The molecule has 0 N–H and O–H groups in total. The van der Waals surface area contributed by atoms with Crippen molar-refractivity contribution in [1.29, 1.82) is 0 Å². The van der Waals surface area contributed by atoms with Crippen molar-refractivity contribution < 1.29 is 8.83 Å². The van der Waals surface area contributed by atoms with Crippen LogP contribution in [0.1, 0.15) is 0 Å². The Balaban J connectivity index is 1.03. The van der Waals surface area contributed by atoms with Gasteiger partial charge in [0.05, 0.1) is 5.69 Å². The van der Waals surface area contributed by atoms with Gasteiger partial charge in [0.25, 0.3) is 0 Å². The number of rotatable bonds is 7. The lowest BCUT2D eigenvalue weighted by Crippen LogP contribution is -2.11. The molecule has 12 aromatic rings. The van der Waals surface area contributed by atoms with E-state index in [-0.39, 0.29) is 0 Å². The quantitative estimate of drug-likeness (QED) is 0.161. The van der Waals surface area contributed by atoms with Gasteiger partial charge < -0.3 is 13.7 Å². The van der Waals surface area contributed by atoms with Crippen molar-refractivity contribution in [3.05, 3.63) is 224 Å². The van der Waals surface area contributed by atoms with Crippen LogP contribution < -0.4 is 4.90 Å². The minimum atomic E-state index is 0.847. The van der Waals surface area contributed by atoms with E-state index < -0.39 is 0 Å². The third-order valence-electron chi connectivity index (χ3n) is 12.1. The highest BCUT2D eigenvalue weighted by atomic mass is 16.3. The molecule has 0 saturated carbocycles. The van der Waals surface area contributed by atoms with Crippen LogP contribution in [0.5, 0.6) is 0 Å². The molecule has 2 heterocycles. The normalized spacial score (nSPS) is 11.6. The number of anilines is 3. The van der Waals surface area contributed by atoms with Crippen LogP contribution in [0.4, 0.5) is 17.1 Å². The highest BCUT2D eigenvalue weighted by molar-refractivity contribution is 6.20. The lowest BCUT2D eigenvalue weighted by atomic mass is 9.91. The molecule has 2 aromatic heterocycles. The fraction of sp³-hybridized carbons (Fsp3) is 0. The molecular weight excluding hydrogens is 743 g/mol. The molecule has 0 amide bonds. The molecule has 3 nitrogen and oxygen atoms in total. The smallest absolute Gasteiger partial charge is 0.143 e. The van der Waals surface area contributed by atoms with Gasteiger partial charge in [-0.05, 0) is 98.9 Å². The zero-order valence-corrected chi connectivity index (χ0v) is 33.1. The number of nitrogens with zero attached hydrogens (tertiary/aromatic N) is 1. The Morgan fingerprint density at radius 3 is 1.75 bits per heavy atom. The molecule has 61 heavy (non-hydrogen) atoms. The zero-order valence-electron chi connectivity index (χ0n) is 33.1. The van der Waals surface area contributed by atoms with Gasteiger partial charge in [-0.1, -0.05) is 164 Å². The van der Waals surface area contributed by atoms with E-state index in [1.165, 1.54) is 22.3 Å². The predicted molar refractivity (Wildman–Crippen MR) is 255 cm³/mol. The summed E-state index contributed by atoms with van der Waals surface area (Å²) in [7, 11) is 0. The molecule has 0 aliphatic rings. The molecule has 0 aliphatic carbocycles. The van der Waals surface area contributed by atoms with Gasteiger partial charge in [-0.15, -0.1) is 0 Å². The molecule has 0 aliphatic heterocycles. The van der Waals surface area contributed by atoms with Crippen LogP contribution in [0.3, 0.4) is 0 Å². The van der Waals surface area contributed by atoms with Crippen LogP contribution in [0, 0.1) is 0 Å². The van der Waals surface area contributed by atoms with Crippen LogP contribution in [0.2, 0.25) is 0 Å². The molecule has 0 radical (unpaired) electrons. The predicted octanol–water partition coefficient (Wildman–Crippen LogP) is 16.8. The number of fused-ring (bicyclic) bond motifs is 8. The van der Waals surface area contributed by atoms with Crippen LogP contribution in [-0.4, -0.2) is 0 Å². The van der Waals surface area contributed by atoms with Gasteiger partial charge in [-0.2, -0.15) is 0 Å². The minimum absolute atomic E-state index is 0.847. The second-order valence-corrected chi connectivity index (χ2v) is 15.6. The first-order chi connectivity index (χ1) is 30.2. The second-order valence-electron chi connectivity index (χ2n) is 15.6. The van der Waals surface area contributed by atoms with Crippen molar-refractivity contribution in [2.75, 3.05) is 4.90 Å². The van der Waals surface area contributed by atoms with E-state index in [0.717, 1.165) is 94.0 Å². The Labute approximate surface area is 353 Å². The van der Waals surface area contributed by atoms with E-state index >= 15 is 0 Å². The number of para-hydroxylation sites is 2. The fourth-order valence-electron chi connectivity index (χ4n) is 9.21. The molecule has 286 valence electrons. The Kier molecular flexibility index (Phi) is 8.17. The van der Waals surface area contributed by atoms with E-state index in [2.05, 4.69) is 217 Å². The zero-order chi connectivity index (χ0) is 40.3. The van der Waals surface area contributed by atoms with Crippen molar-refractivity contribution in [2.45, 2.75) is 0 Å². The number of hydrogen-bond acceptors (Lipinski definition) is 3. The average Bonchev–Trinajstić information content (AvgIpc) is 3.91. The van der Waals surface area contributed by atoms with Crippen LogP contribution >= 0.6 is 0 Å². The molecule has 0 atom stereocenters. The molecule has 10 aromatic carbocycles. The summed E-state index contributed by atoms with van der Waals surface area (Å²) in [5, 5.41) is 6.69. The van der Waals surface area contributed by atoms with Crippen LogP contribution in [0.15, 0.2) is 233 Å². The fourth-order valence-corrected chi connectivity index (χ4v) is 9.21. The van der Waals surface area contributed by atoms with Gasteiger partial charge in [-0.3, -0.25) is 0 Å². The maximum absolute atomic E-state index is 6.67. The molecular formula is C58H37NO2. The molecule has 0 unspecified atom stereocenters. The summed E-state index contributed by atoms with van der Waals surface area (Å²) in [6.07, 6.45) is 0. The molecule has 3 heteroatoms. The van der Waals surface area contributed by atoms with Crippen molar-refractivity contribution in [1.82, 2.24) is 0 Å². The number of hydrogen-bond donors (Lipinski definition) is 0. The summed E-state index contributed by atoms with van der Waals surface area (Å²) in [6, 6.07) is 79.9. The van der Waals surface area contributed by atoms with E-state index in [1.54, 1.807) is 0 Å². The molecule has 0 spiro atoms. The van der Waals surface area contributed by atoms with E-state index in [9.17, 15) is 0 Å². The summed E-state index contributed by atoms with van der Waals surface area (Å²) in [5.41, 5.74) is 15.9. The molecule has 0 fully saturated rings. The highest BCUT2D eigenvalue weighted by Gasteiger charge is 2.22. The van der Waals surface area contributed by atoms with Crippen molar-refractivity contribution >= 4 is 71.7 Å². The molecule has 0 saturated heterocycles. The number of furan rings is 2. The number of benzene rings is 10. The van der Waals surface area contributed by atoms with E-state index in [1.807, 2.05) is 12.1 Å². The average molecular weight is 780 g/mol. The van der Waals surface area contributed by atoms with E-state index in [4.69, 9.17) is 8.83 Å². The second kappa shape index (κ2) is 14.3. The summed E-state index contributed by atoms with van der Waals surface area (Å²) in [5.74, 6) is 0. The van der Waals surface area contributed by atoms with Crippen molar-refractivity contribution in [3.63, 3.8) is 0 Å². The summed E-state index contributed by atoms with van der Waals surface area (Å²) < 4.78 is 13.2. The summed E-state index contributed by atoms with van der Waals surface area (Å²) >= 11 is 0. The minimum Gasteiger partial charge on any atom is -0.456 e. The Morgan fingerprint density at radius 2 is 0.918 bits per heavy atom. The Hall–Kier alpha value is -8.14. The van der Waals surface area contributed by atoms with Gasteiger partial charge in [0.15, 0.2) is 0 Å². The third-order valence-corrected chi connectivity index (χ3v) is 12.1. The first kappa shape index (κ1) is 34.9. The van der Waals surface area contributed by atoms with Gasteiger partial charge in [-0.25, -0.2) is 0 Å². The Morgan fingerprint density at radius 1 is 0.295 bits per heavy atom. The lowest BCUT2D eigenvalue weighted by molar-refractivity contribution is 0.669. The van der Waals surface area contributed by atoms with Gasteiger partial charge in [0, 0.05) is 49.9 Å². The SMILES string of the molecule is c1ccc(-c2ccc(-c3ccc(N(c4ccc5c(c4)oc4ccccc45)c4ccccc4-c4cccc5oc6c7ccccc7ccc6c45)cc3)cc2-c2ccccc2)cc1. The largest absolute Gasteiger partial charge is 0.456 e. The summed E-state index contributed by atoms with van der Waals surface area (Å²) in [4.78, 5) is 2.36. The first-order valence-electron chi connectivity index (χ1n) is 20.7. The maximum Gasteiger partial charge on any atom is 0.143 e. The standard InChI is InChI=1S/C58H37NO2/c1-3-14-39(15-4-1)45-33-29-42(36-52(45)40-16-5-2-6-17-40)38-26-30-43(31-27-38)59(44-32-35-49-48-21-10-12-24-54(48)60-56(49)37-44)53-23-11-9-20-47(53)50-22-13-25-55-57(50)51-34-28-41-18-7-8-19-46(41)58(51)61-55/h1-37H. The maximum atomic E-state index is 6.67. The van der Waals surface area contributed by atoms with Gasteiger partial charge >= 0.3 is 0 Å². The lowest BCUT2D eigenvalue weighted by Gasteiger charge is -2.28. The highest BCUT2D eigenvalue weighted by Crippen LogP contribution is 2.47. The first-order valence-corrected chi connectivity index (χ1v) is 20.7. The van der Waals surface area contributed by atoms with Gasteiger partial charge in [0.1, 0.15) is 22.3 Å². The molecule has 0 bridgehead atoms.